The molecule has 6 N–H and O–H groups in total. The van der Waals surface area contributed by atoms with Crippen LogP contribution in [-0.2, 0) is 32.1 Å². The number of aromatic hydroxyl groups is 1. The van der Waals surface area contributed by atoms with Crippen LogP contribution in [0, 0.1) is 11.8 Å². The van der Waals surface area contributed by atoms with Gasteiger partial charge in [-0.1, -0.05) is 30.3 Å². The third-order valence-electron chi connectivity index (χ3n) is 8.72. The smallest absolute Gasteiger partial charge is 0.255 e. The number of aliphatic hydroxyl groups is 3. The number of morpholine rings is 1. The Bertz CT molecular complexity index is 1500. The zero-order valence-corrected chi connectivity index (χ0v) is 21.7. The van der Waals surface area contributed by atoms with Crippen LogP contribution < -0.4 is 5.73 Å². The van der Waals surface area contributed by atoms with Gasteiger partial charge in [-0.15, -0.1) is 0 Å². The summed E-state index contributed by atoms with van der Waals surface area (Å²) in [5.41, 5.74) is 5.25. The number of hydrogen-bond donors (Lipinski definition) is 5. The minimum atomic E-state index is -2.57. The largest absolute Gasteiger partial charge is 0.508 e. The standard InChI is InChI=1S/C30H30N2O8/c31-29(38)25-22(34)13-18-11-17-12-20-19(16-3-1-15(2-4-16)14-32-7-9-40-10-8-32)5-6-21(33)24(20)26(35)23(17)27(36)30(18,39)28(25)37/h1-6,17-18,33,35,37,39H,7-14H2,(H2,31,38)/t17-,18+,30+/m1/s1. The number of carbonyl (C=O) groups excluding carboxylic acids is 3. The van der Waals surface area contributed by atoms with Gasteiger partial charge < -0.3 is 30.9 Å². The van der Waals surface area contributed by atoms with Crippen molar-refractivity contribution >= 4 is 23.2 Å². The second kappa shape index (κ2) is 9.58. The first-order valence-corrected chi connectivity index (χ1v) is 13.3. The number of primary amides is 1. The predicted octanol–water partition coefficient (Wildman–Crippen LogP) is 1.92. The van der Waals surface area contributed by atoms with Crippen LogP contribution in [0.5, 0.6) is 5.75 Å². The molecule has 1 amide bonds. The molecule has 1 heterocycles. The molecular formula is C30H30N2O8. The van der Waals surface area contributed by atoms with Crippen LogP contribution in [0.25, 0.3) is 16.9 Å². The molecule has 3 aliphatic carbocycles. The Balaban J connectivity index is 1.39. The fourth-order valence-corrected chi connectivity index (χ4v) is 6.70. The average molecular weight is 547 g/mol. The molecule has 4 aliphatic rings. The van der Waals surface area contributed by atoms with E-state index in [1.54, 1.807) is 6.07 Å². The van der Waals surface area contributed by atoms with E-state index in [1.165, 1.54) is 6.07 Å². The van der Waals surface area contributed by atoms with Gasteiger partial charge in [0.05, 0.1) is 18.8 Å². The first-order chi connectivity index (χ1) is 19.1. The summed E-state index contributed by atoms with van der Waals surface area (Å²) in [5, 5.41) is 44.2. The molecule has 0 unspecified atom stereocenters. The highest BCUT2D eigenvalue weighted by atomic mass is 16.5. The highest BCUT2D eigenvalue weighted by molar-refractivity contribution is 6.22. The number of rotatable bonds is 4. The van der Waals surface area contributed by atoms with Gasteiger partial charge in [0, 0.05) is 37.5 Å². The summed E-state index contributed by atoms with van der Waals surface area (Å²) in [6.45, 7) is 3.99. The van der Waals surface area contributed by atoms with Crippen LogP contribution in [-0.4, -0.2) is 74.7 Å². The fraction of sp³-hybridized carbons (Fsp3) is 0.367. The molecule has 10 heteroatoms. The molecule has 3 atom stereocenters. The summed E-state index contributed by atoms with van der Waals surface area (Å²) in [6, 6.07) is 11.3. The lowest BCUT2D eigenvalue weighted by molar-refractivity contribution is -0.147. The third-order valence-corrected chi connectivity index (χ3v) is 8.72. The van der Waals surface area contributed by atoms with Crippen molar-refractivity contribution in [3.05, 3.63) is 70.0 Å². The first-order valence-electron chi connectivity index (χ1n) is 13.3. The Morgan fingerprint density at radius 3 is 2.40 bits per heavy atom. The van der Waals surface area contributed by atoms with E-state index in [0.29, 0.717) is 5.56 Å². The van der Waals surface area contributed by atoms with Crippen LogP contribution >= 0.6 is 0 Å². The molecule has 2 fully saturated rings. The summed E-state index contributed by atoms with van der Waals surface area (Å²) in [7, 11) is 0. The Morgan fingerprint density at radius 2 is 1.73 bits per heavy atom. The van der Waals surface area contributed by atoms with Gasteiger partial charge in [-0.25, -0.2) is 0 Å². The Hall–Kier alpha value is -3.99. The van der Waals surface area contributed by atoms with E-state index in [9.17, 15) is 34.8 Å². The van der Waals surface area contributed by atoms with E-state index in [4.69, 9.17) is 10.5 Å². The molecule has 40 heavy (non-hydrogen) atoms. The molecule has 0 bridgehead atoms. The highest BCUT2D eigenvalue weighted by Crippen LogP contribution is 2.53. The molecule has 0 spiro atoms. The van der Waals surface area contributed by atoms with Crippen molar-refractivity contribution in [2.24, 2.45) is 17.6 Å². The number of nitrogens with zero attached hydrogens (tertiary/aromatic N) is 1. The molecule has 0 radical (unpaired) electrons. The van der Waals surface area contributed by atoms with Gasteiger partial charge in [0.2, 0.25) is 5.78 Å². The van der Waals surface area contributed by atoms with Gasteiger partial charge in [-0.05, 0) is 47.1 Å². The van der Waals surface area contributed by atoms with Gasteiger partial charge in [-0.2, -0.15) is 0 Å². The summed E-state index contributed by atoms with van der Waals surface area (Å²) in [4.78, 5) is 40.4. The maximum Gasteiger partial charge on any atom is 0.255 e. The van der Waals surface area contributed by atoms with E-state index >= 15 is 0 Å². The maximum atomic E-state index is 13.7. The van der Waals surface area contributed by atoms with Gasteiger partial charge in [0.25, 0.3) is 5.91 Å². The minimum absolute atomic E-state index is 0.0852. The van der Waals surface area contributed by atoms with Crippen molar-refractivity contribution in [3.8, 4) is 16.9 Å². The van der Waals surface area contributed by atoms with Crippen molar-refractivity contribution in [2.45, 2.75) is 31.4 Å². The molecule has 6 rings (SSSR count). The van der Waals surface area contributed by atoms with Gasteiger partial charge in [-0.3, -0.25) is 19.3 Å². The monoisotopic (exact) mass is 546 g/mol. The highest BCUT2D eigenvalue weighted by Gasteiger charge is 2.60. The van der Waals surface area contributed by atoms with Crippen molar-refractivity contribution < 1.29 is 39.5 Å². The molecule has 1 aliphatic heterocycles. The Kier molecular flexibility index (Phi) is 6.29. The number of ether oxygens (including phenoxy) is 1. The van der Waals surface area contributed by atoms with Gasteiger partial charge >= 0.3 is 0 Å². The first kappa shape index (κ1) is 26.2. The third kappa shape index (κ3) is 3.94. The number of carbonyl (C=O) groups is 3. The van der Waals surface area contributed by atoms with Crippen LogP contribution in [0.2, 0.25) is 0 Å². The van der Waals surface area contributed by atoms with Gasteiger partial charge in [0.1, 0.15) is 22.8 Å². The van der Waals surface area contributed by atoms with E-state index in [0.717, 1.165) is 49.5 Å². The fourth-order valence-electron chi connectivity index (χ4n) is 6.70. The van der Waals surface area contributed by atoms with Crippen LogP contribution in [0.4, 0.5) is 0 Å². The van der Waals surface area contributed by atoms with E-state index in [1.807, 2.05) is 24.3 Å². The lowest BCUT2D eigenvalue weighted by atomic mass is 9.59. The molecule has 10 nitrogen and oxygen atoms in total. The molecule has 1 saturated heterocycles. The molecule has 208 valence electrons. The zero-order valence-electron chi connectivity index (χ0n) is 21.7. The lowest BCUT2D eigenvalue weighted by Crippen LogP contribution is -2.58. The number of phenolic OH excluding ortho intramolecular Hbond substituents is 1. The van der Waals surface area contributed by atoms with Crippen LogP contribution in [0.15, 0.2) is 53.3 Å². The maximum absolute atomic E-state index is 13.7. The zero-order chi connectivity index (χ0) is 28.3. The second-order valence-corrected chi connectivity index (χ2v) is 11.0. The number of phenols is 1. The predicted molar refractivity (Wildman–Crippen MR) is 143 cm³/mol. The van der Waals surface area contributed by atoms with Crippen LogP contribution in [0.3, 0.4) is 0 Å². The molecule has 2 aromatic carbocycles. The van der Waals surface area contributed by atoms with Crippen LogP contribution in [0.1, 0.15) is 29.5 Å². The number of amides is 1. The molecule has 0 aromatic heterocycles. The SMILES string of the molecule is NC(=O)C1=C(O)[C@@]2(O)C(=O)C3=C(O)c4c(O)ccc(-c5ccc(CN6CCOCC6)cc5)c4C[C@H]3C[C@H]2CC1=O. The van der Waals surface area contributed by atoms with Crippen molar-refractivity contribution in [2.75, 3.05) is 26.3 Å². The Morgan fingerprint density at radius 1 is 1.02 bits per heavy atom. The van der Waals surface area contributed by atoms with E-state index in [2.05, 4.69) is 4.90 Å². The molecule has 2 aromatic rings. The summed E-state index contributed by atoms with van der Waals surface area (Å²) in [6.07, 6.45) is 0.00360. The molecular weight excluding hydrogens is 516 g/mol. The van der Waals surface area contributed by atoms with Crippen molar-refractivity contribution in [1.82, 2.24) is 4.90 Å². The number of nitrogens with two attached hydrogens (primary N) is 1. The summed E-state index contributed by atoms with van der Waals surface area (Å²) in [5.74, 6) is -6.36. The number of hydrogen-bond acceptors (Lipinski definition) is 9. The van der Waals surface area contributed by atoms with Crippen molar-refractivity contribution in [1.29, 1.82) is 0 Å². The van der Waals surface area contributed by atoms with Crippen molar-refractivity contribution in [3.63, 3.8) is 0 Å². The second-order valence-electron chi connectivity index (χ2n) is 11.0. The minimum Gasteiger partial charge on any atom is -0.508 e. The summed E-state index contributed by atoms with van der Waals surface area (Å²) < 4.78 is 5.42. The van der Waals surface area contributed by atoms with Gasteiger partial charge in [0.15, 0.2) is 11.4 Å². The number of ketones is 2. The topological polar surface area (TPSA) is 171 Å². The number of fused-ring (bicyclic) bond motifs is 3. The molecule has 1 saturated carbocycles. The van der Waals surface area contributed by atoms with E-state index < -0.39 is 52.0 Å². The number of Topliss-reactive ketones (excluding diaryl/α,β-unsaturated/α-hetero) is 2. The lowest BCUT2D eigenvalue weighted by Gasteiger charge is -2.46. The normalized spacial score (nSPS) is 26.8. The Labute approximate surface area is 230 Å². The summed E-state index contributed by atoms with van der Waals surface area (Å²) >= 11 is 0. The number of benzene rings is 2. The number of aliphatic hydroxyl groups excluding tert-OH is 2. The van der Waals surface area contributed by atoms with E-state index in [-0.39, 0.29) is 36.1 Å². The average Bonchev–Trinajstić information content (AvgIpc) is 2.92. The quantitative estimate of drug-likeness (QED) is 0.360.